The number of amides is 1. The number of nitrogens with zero attached hydrogens (tertiary/aromatic N) is 2. The van der Waals surface area contributed by atoms with E-state index >= 15 is 0 Å². The Balaban J connectivity index is 1.92. The van der Waals surface area contributed by atoms with Gasteiger partial charge in [0.15, 0.2) is 0 Å². The average molecular weight is 476 g/mol. The largest absolute Gasteiger partial charge is 0.385 e. The number of fused-ring (bicyclic) bond motifs is 1. The summed E-state index contributed by atoms with van der Waals surface area (Å²) in [4.78, 5) is 28.9. The van der Waals surface area contributed by atoms with Crippen LogP contribution in [0.4, 0.5) is 4.39 Å². The molecule has 7 nitrogen and oxygen atoms in total. The van der Waals surface area contributed by atoms with E-state index < -0.39 is 11.2 Å². The van der Waals surface area contributed by atoms with Crippen LogP contribution in [-0.2, 0) is 16.0 Å². The van der Waals surface area contributed by atoms with Crippen LogP contribution in [0.25, 0.3) is 10.9 Å². The van der Waals surface area contributed by atoms with Gasteiger partial charge in [0.2, 0.25) is 5.43 Å². The van der Waals surface area contributed by atoms with Gasteiger partial charge in [0, 0.05) is 70.2 Å². The molecule has 2 atom stereocenters. The number of hydrogen-bond donors (Lipinski definition) is 1. The molecule has 0 saturated carbocycles. The number of rotatable bonds is 11. The number of benzene rings is 1. The number of carbonyl (C=O) groups excluding carboxylic acids is 1. The lowest BCUT2D eigenvalue weighted by Gasteiger charge is -2.40. The number of methoxy groups -OCH3 is 2. The number of nitrogens with one attached hydrogen (secondary N) is 1. The minimum atomic E-state index is -0.459. The molecular formula is C26H38FN3O4. The summed E-state index contributed by atoms with van der Waals surface area (Å²) in [5, 5.41) is 3.77. The van der Waals surface area contributed by atoms with Gasteiger partial charge in [0.05, 0.1) is 5.52 Å². The third kappa shape index (κ3) is 6.03. The Morgan fingerprint density at radius 2 is 1.97 bits per heavy atom. The molecule has 3 rings (SSSR count). The number of ether oxygens (including phenoxy) is 2. The minimum Gasteiger partial charge on any atom is -0.385 e. The van der Waals surface area contributed by atoms with Crippen LogP contribution < -0.4 is 10.7 Å². The second-order valence-corrected chi connectivity index (χ2v) is 9.33. The molecule has 1 aromatic carbocycles. The topological polar surface area (TPSA) is 72.8 Å². The number of aromatic nitrogens is 1. The van der Waals surface area contributed by atoms with Gasteiger partial charge in [-0.25, -0.2) is 4.39 Å². The summed E-state index contributed by atoms with van der Waals surface area (Å²) in [7, 11) is 3.34. The van der Waals surface area contributed by atoms with Crippen LogP contribution in [0.2, 0.25) is 0 Å². The highest BCUT2D eigenvalue weighted by Crippen LogP contribution is 2.22. The first-order chi connectivity index (χ1) is 16.4. The maximum Gasteiger partial charge on any atom is 0.259 e. The molecule has 2 heterocycles. The Morgan fingerprint density at radius 3 is 2.62 bits per heavy atom. The highest BCUT2D eigenvalue weighted by Gasteiger charge is 2.32. The third-order valence-corrected chi connectivity index (χ3v) is 6.62. The summed E-state index contributed by atoms with van der Waals surface area (Å²) in [5.74, 6) is -0.751. The zero-order valence-electron chi connectivity index (χ0n) is 20.8. The first kappa shape index (κ1) is 26.3. The predicted molar refractivity (Wildman–Crippen MR) is 132 cm³/mol. The van der Waals surface area contributed by atoms with Crippen LogP contribution in [0, 0.1) is 5.82 Å². The van der Waals surface area contributed by atoms with E-state index in [1.54, 1.807) is 31.0 Å². The standard InChI is InChI=1S/C26H38FN3O4/c1-18(2)30(20-11-10-19(28-16-20)12-15-34-4)26(32)22-17-29(13-5-6-14-33-3)24-21(25(22)31)8-7-9-23(24)27/h7-9,17-20,28H,5-6,10-16H2,1-4H3/t19-,20-/m1/s1. The Bertz CT molecular complexity index is 1020. The van der Waals surface area contributed by atoms with Crippen molar-refractivity contribution in [1.29, 1.82) is 0 Å². The molecule has 1 aromatic heterocycles. The number of unbranched alkanes of at least 4 members (excludes halogenated alkanes) is 1. The smallest absolute Gasteiger partial charge is 0.259 e. The molecule has 0 radical (unpaired) electrons. The molecule has 1 saturated heterocycles. The van der Waals surface area contributed by atoms with Gasteiger partial charge < -0.3 is 24.3 Å². The fourth-order valence-electron chi connectivity index (χ4n) is 4.88. The summed E-state index contributed by atoms with van der Waals surface area (Å²) in [6, 6.07) is 4.76. The fraction of sp³-hybridized carbons (Fsp3) is 0.615. The Labute approximate surface area is 201 Å². The second-order valence-electron chi connectivity index (χ2n) is 9.33. The van der Waals surface area contributed by atoms with Crippen molar-refractivity contribution in [1.82, 2.24) is 14.8 Å². The number of hydrogen-bond acceptors (Lipinski definition) is 5. The number of carbonyl (C=O) groups is 1. The van der Waals surface area contributed by atoms with E-state index in [9.17, 15) is 14.0 Å². The zero-order chi connectivity index (χ0) is 24.7. The van der Waals surface area contributed by atoms with Gasteiger partial charge in [-0.1, -0.05) is 6.07 Å². The van der Waals surface area contributed by atoms with Crippen molar-refractivity contribution in [3.63, 3.8) is 0 Å². The van der Waals surface area contributed by atoms with Crippen LogP contribution in [0.1, 0.15) is 56.3 Å². The molecule has 34 heavy (non-hydrogen) atoms. The summed E-state index contributed by atoms with van der Waals surface area (Å²) >= 11 is 0. The van der Waals surface area contributed by atoms with Crippen molar-refractivity contribution >= 4 is 16.8 Å². The molecule has 1 N–H and O–H groups in total. The summed E-state index contributed by atoms with van der Waals surface area (Å²) < 4.78 is 26.8. The fourth-order valence-corrected chi connectivity index (χ4v) is 4.88. The molecule has 0 unspecified atom stereocenters. The number of halogens is 1. The molecule has 8 heteroatoms. The van der Waals surface area contributed by atoms with Gasteiger partial charge in [-0.05, 0) is 58.1 Å². The van der Waals surface area contributed by atoms with Crippen molar-refractivity contribution in [3.05, 3.63) is 46.0 Å². The first-order valence-corrected chi connectivity index (χ1v) is 12.2. The van der Waals surface area contributed by atoms with E-state index in [2.05, 4.69) is 5.32 Å². The number of para-hydroxylation sites is 1. The van der Waals surface area contributed by atoms with Gasteiger partial charge in [-0.3, -0.25) is 9.59 Å². The molecule has 0 bridgehead atoms. The van der Waals surface area contributed by atoms with Crippen molar-refractivity contribution in [2.75, 3.05) is 34.0 Å². The Morgan fingerprint density at radius 1 is 1.21 bits per heavy atom. The lowest BCUT2D eigenvalue weighted by atomic mass is 9.96. The van der Waals surface area contributed by atoms with Crippen molar-refractivity contribution in [2.24, 2.45) is 0 Å². The molecule has 1 aliphatic rings. The third-order valence-electron chi connectivity index (χ3n) is 6.62. The van der Waals surface area contributed by atoms with Crippen molar-refractivity contribution in [2.45, 2.75) is 70.6 Å². The second kappa shape index (κ2) is 12.4. The maximum absolute atomic E-state index is 14.7. The molecule has 0 spiro atoms. The van der Waals surface area contributed by atoms with E-state index in [4.69, 9.17) is 9.47 Å². The highest BCUT2D eigenvalue weighted by atomic mass is 19.1. The van der Waals surface area contributed by atoms with Crippen LogP contribution in [0.3, 0.4) is 0 Å². The van der Waals surface area contributed by atoms with E-state index in [0.29, 0.717) is 32.3 Å². The van der Waals surface area contributed by atoms with Gasteiger partial charge in [0.25, 0.3) is 5.91 Å². The Hall–Kier alpha value is -2.29. The van der Waals surface area contributed by atoms with E-state index in [1.807, 2.05) is 18.7 Å². The van der Waals surface area contributed by atoms with Gasteiger partial charge in [0.1, 0.15) is 11.4 Å². The Kier molecular flexibility index (Phi) is 9.62. The molecule has 1 aliphatic heterocycles. The molecule has 1 amide bonds. The van der Waals surface area contributed by atoms with E-state index in [0.717, 1.165) is 32.1 Å². The predicted octanol–water partition coefficient (Wildman–Crippen LogP) is 3.57. The first-order valence-electron chi connectivity index (χ1n) is 12.2. The summed E-state index contributed by atoms with van der Waals surface area (Å²) in [5.41, 5.74) is -0.0713. The van der Waals surface area contributed by atoms with Crippen LogP contribution in [0.5, 0.6) is 0 Å². The van der Waals surface area contributed by atoms with Gasteiger partial charge in [-0.15, -0.1) is 0 Å². The molecular weight excluding hydrogens is 437 g/mol. The maximum atomic E-state index is 14.7. The number of pyridine rings is 1. The van der Waals surface area contributed by atoms with Crippen LogP contribution in [0.15, 0.2) is 29.2 Å². The highest BCUT2D eigenvalue weighted by molar-refractivity contribution is 5.97. The molecule has 188 valence electrons. The van der Waals surface area contributed by atoms with Crippen molar-refractivity contribution < 1.29 is 18.7 Å². The normalized spacial score (nSPS) is 18.5. The summed E-state index contributed by atoms with van der Waals surface area (Å²) in [6.07, 6.45) is 5.84. The molecule has 1 fully saturated rings. The SMILES string of the molecule is COCCCCn1cc(C(=O)N(C(C)C)[C@@H]2CC[C@H](CCOC)NC2)c(=O)c2cccc(F)c21. The van der Waals surface area contributed by atoms with E-state index in [1.165, 1.54) is 12.1 Å². The van der Waals surface area contributed by atoms with Crippen LogP contribution in [-0.4, -0.2) is 67.5 Å². The monoisotopic (exact) mass is 475 g/mol. The lowest BCUT2D eigenvalue weighted by Crippen LogP contribution is -2.54. The minimum absolute atomic E-state index is 0.0101. The average Bonchev–Trinajstić information content (AvgIpc) is 2.82. The van der Waals surface area contributed by atoms with Crippen molar-refractivity contribution in [3.8, 4) is 0 Å². The zero-order valence-corrected chi connectivity index (χ0v) is 20.8. The number of piperidine rings is 1. The molecule has 0 aliphatic carbocycles. The van der Waals surface area contributed by atoms with Gasteiger partial charge in [-0.2, -0.15) is 0 Å². The van der Waals surface area contributed by atoms with Crippen LogP contribution >= 0.6 is 0 Å². The molecule has 2 aromatic rings. The number of aryl methyl sites for hydroxylation is 1. The summed E-state index contributed by atoms with van der Waals surface area (Å²) in [6.45, 7) is 6.42. The van der Waals surface area contributed by atoms with E-state index in [-0.39, 0.29) is 34.5 Å². The quantitative estimate of drug-likeness (QED) is 0.503. The van der Waals surface area contributed by atoms with Gasteiger partial charge >= 0.3 is 0 Å². The lowest BCUT2D eigenvalue weighted by molar-refractivity contribution is 0.0543.